The number of benzene rings is 1. The lowest BCUT2D eigenvalue weighted by molar-refractivity contribution is -0.140. The van der Waals surface area contributed by atoms with Crippen LogP contribution in [0.15, 0.2) is 24.3 Å². The molecule has 1 saturated heterocycles. The van der Waals surface area contributed by atoms with Gasteiger partial charge in [0.1, 0.15) is 12.3 Å². The Hall–Kier alpha value is -3.02. The highest BCUT2D eigenvalue weighted by Crippen LogP contribution is 2.26. The second-order valence-corrected chi connectivity index (χ2v) is 4.83. The van der Waals surface area contributed by atoms with Crippen LogP contribution in [0.5, 0.6) is 5.75 Å². The summed E-state index contributed by atoms with van der Waals surface area (Å²) < 4.78 is 14.1. The summed E-state index contributed by atoms with van der Waals surface area (Å²) >= 11 is 0. The van der Waals surface area contributed by atoms with E-state index in [1.165, 1.54) is 30.5 Å². The highest BCUT2D eigenvalue weighted by atomic mass is 16.6. The van der Waals surface area contributed by atoms with Crippen molar-refractivity contribution in [2.24, 2.45) is 0 Å². The van der Waals surface area contributed by atoms with Crippen LogP contribution in [-0.2, 0) is 23.7 Å². The van der Waals surface area contributed by atoms with E-state index in [0.29, 0.717) is 0 Å². The van der Waals surface area contributed by atoms with E-state index in [2.05, 4.69) is 4.74 Å². The summed E-state index contributed by atoms with van der Waals surface area (Å²) in [4.78, 5) is 34.9. The summed E-state index contributed by atoms with van der Waals surface area (Å²) in [5.41, 5.74) is 0.113. The lowest BCUT2D eigenvalue weighted by Crippen LogP contribution is -2.24. The van der Waals surface area contributed by atoms with Crippen molar-refractivity contribution in [1.29, 1.82) is 5.26 Å². The number of cyclic esters (lactones) is 1. The maximum absolute atomic E-state index is 11.7. The monoisotopic (exact) mass is 317 g/mol. The first-order valence-electron chi connectivity index (χ1n) is 6.76. The number of ether oxygens (including phenoxy) is 2. The van der Waals surface area contributed by atoms with Gasteiger partial charge in [0.15, 0.2) is 0 Å². The fourth-order valence-corrected chi connectivity index (χ4v) is 2.11. The SMILES string of the molecule is N#COB1COC(=O)C1CCC(=O)OC(=O)c1ccc(O)cc1. The number of aromatic hydroxyl groups is 1. The van der Waals surface area contributed by atoms with Gasteiger partial charge < -0.3 is 19.2 Å². The normalized spacial score (nSPS) is 16.4. The molecule has 0 aromatic heterocycles. The predicted molar refractivity (Wildman–Crippen MR) is 74.9 cm³/mol. The molecule has 1 unspecified atom stereocenters. The molecule has 1 aromatic carbocycles. The van der Waals surface area contributed by atoms with Crippen molar-refractivity contribution in [3.8, 4) is 12.0 Å². The number of carbonyl (C=O) groups is 3. The number of nitrogens with zero attached hydrogens (tertiary/aromatic N) is 1. The average Bonchev–Trinajstić information content (AvgIpc) is 2.86. The second kappa shape index (κ2) is 7.31. The average molecular weight is 317 g/mol. The summed E-state index contributed by atoms with van der Waals surface area (Å²) in [6.07, 6.45) is 1.33. The Balaban J connectivity index is 1.85. The van der Waals surface area contributed by atoms with Crippen molar-refractivity contribution in [2.75, 3.05) is 6.51 Å². The van der Waals surface area contributed by atoms with Gasteiger partial charge in [0.25, 0.3) is 6.26 Å². The van der Waals surface area contributed by atoms with Gasteiger partial charge in [-0.05, 0) is 30.7 Å². The van der Waals surface area contributed by atoms with Crippen LogP contribution in [0.4, 0.5) is 0 Å². The summed E-state index contributed by atoms with van der Waals surface area (Å²) in [7, 11) is 0. The first-order valence-corrected chi connectivity index (χ1v) is 6.76. The van der Waals surface area contributed by atoms with Crippen LogP contribution in [-0.4, -0.2) is 36.4 Å². The van der Waals surface area contributed by atoms with Gasteiger partial charge in [-0.1, -0.05) is 0 Å². The topological polar surface area (TPSA) is 123 Å². The van der Waals surface area contributed by atoms with E-state index < -0.39 is 30.6 Å². The van der Waals surface area contributed by atoms with E-state index in [0.717, 1.165) is 0 Å². The van der Waals surface area contributed by atoms with Crippen molar-refractivity contribution < 1.29 is 33.6 Å². The molecule has 0 saturated carbocycles. The van der Waals surface area contributed by atoms with E-state index in [-0.39, 0.29) is 30.7 Å². The van der Waals surface area contributed by atoms with Crippen molar-refractivity contribution in [1.82, 2.24) is 0 Å². The van der Waals surface area contributed by atoms with Gasteiger partial charge in [0, 0.05) is 6.42 Å². The molecular weight excluding hydrogens is 305 g/mol. The molecule has 8 nitrogen and oxygen atoms in total. The third-order valence-corrected chi connectivity index (χ3v) is 3.31. The van der Waals surface area contributed by atoms with Gasteiger partial charge in [0.2, 0.25) is 0 Å². The molecule has 9 heteroatoms. The minimum Gasteiger partial charge on any atom is -0.508 e. The molecule has 0 aliphatic carbocycles. The van der Waals surface area contributed by atoms with Crippen molar-refractivity contribution in [2.45, 2.75) is 18.7 Å². The second-order valence-electron chi connectivity index (χ2n) is 4.83. The van der Waals surface area contributed by atoms with E-state index in [1.807, 2.05) is 0 Å². The standard InChI is InChI=1S/C14H12BNO7/c16-8-22-15-7-21-14(20)11(15)5-6-12(18)23-13(19)9-1-3-10(17)4-2-9/h1-4,11,17H,5-7H2. The maximum Gasteiger partial charge on any atom is 0.425 e. The molecule has 1 aliphatic heterocycles. The zero-order valence-electron chi connectivity index (χ0n) is 11.9. The van der Waals surface area contributed by atoms with Gasteiger partial charge in [-0.25, -0.2) is 4.79 Å². The van der Waals surface area contributed by atoms with Gasteiger partial charge in [-0.15, -0.1) is 0 Å². The van der Waals surface area contributed by atoms with Crippen molar-refractivity contribution >= 4 is 24.8 Å². The number of phenols is 1. The highest BCUT2D eigenvalue weighted by Gasteiger charge is 2.44. The van der Waals surface area contributed by atoms with Crippen LogP contribution in [0.3, 0.4) is 0 Å². The number of hydrogen-bond acceptors (Lipinski definition) is 8. The molecule has 1 heterocycles. The van der Waals surface area contributed by atoms with E-state index in [4.69, 9.17) is 19.8 Å². The minimum absolute atomic E-state index is 0.0174. The number of phenolic OH excluding ortho intramolecular Hbond substituents is 1. The molecule has 1 aromatic rings. The Bertz CT molecular complexity index is 652. The number of esters is 3. The molecule has 23 heavy (non-hydrogen) atoms. The van der Waals surface area contributed by atoms with Gasteiger partial charge in [-0.3, -0.25) is 9.59 Å². The summed E-state index contributed by atoms with van der Waals surface area (Å²) in [6, 6.07) is 5.21. The first kappa shape index (κ1) is 16.4. The predicted octanol–water partition coefficient (Wildman–Crippen LogP) is 0.811. The van der Waals surface area contributed by atoms with Crippen LogP contribution in [0.2, 0.25) is 5.82 Å². The molecule has 118 valence electrons. The maximum atomic E-state index is 11.7. The van der Waals surface area contributed by atoms with Crippen LogP contribution in [0, 0.1) is 11.5 Å². The minimum atomic E-state index is -0.853. The zero-order chi connectivity index (χ0) is 16.8. The molecule has 1 N–H and O–H groups in total. The van der Waals surface area contributed by atoms with Crippen LogP contribution in [0.25, 0.3) is 0 Å². The van der Waals surface area contributed by atoms with Crippen LogP contribution < -0.4 is 0 Å². The molecule has 0 spiro atoms. The van der Waals surface area contributed by atoms with E-state index >= 15 is 0 Å². The van der Waals surface area contributed by atoms with Crippen LogP contribution >= 0.6 is 0 Å². The molecule has 0 bridgehead atoms. The molecule has 0 radical (unpaired) electrons. The number of hydrogen-bond donors (Lipinski definition) is 1. The van der Waals surface area contributed by atoms with Gasteiger partial charge >= 0.3 is 24.8 Å². The molecule has 1 fully saturated rings. The van der Waals surface area contributed by atoms with Crippen LogP contribution in [0.1, 0.15) is 23.2 Å². The summed E-state index contributed by atoms with van der Waals surface area (Å²) in [5, 5.41) is 17.6. The Morgan fingerprint density at radius 1 is 1.39 bits per heavy atom. The quantitative estimate of drug-likeness (QED) is 0.366. The Labute approximate surface area is 131 Å². The zero-order valence-corrected chi connectivity index (χ0v) is 11.9. The smallest absolute Gasteiger partial charge is 0.425 e. The number of nitriles is 1. The molecule has 2 rings (SSSR count). The fraction of sp³-hybridized carbons (Fsp3) is 0.286. The molecule has 0 amide bonds. The molecule has 1 aliphatic rings. The fourth-order valence-electron chi connectivity index (χ4n) is 2.11. The third kappa shape index (κ3) is 4.23. The lowest BCUT2D eigenvalue weighted by atomic mass is 9.57. The Morgan fingerprint density at radius 3 is 2.74 bits per heavy atom. The Morgan fingerprint density at radius 2 is 2.09 bits per heavy atom. The lowest BCUT2D eigenvalue weighted by Gasteiger charge is -2.08. The van der Waals surface area contributed by atoms with Crippen molar-refractivity contribution in [3.05, 3.63) is 29.8 Å². The molecular formula is C14H12BNO7. The number of rotatable bonds is 5. The molecule has 1 atom stereocenters. The summed E-state index contributed by atoms with van der Waals surface area (Å²) in [5.74, 6) is -2.97. The van der Waals surface area contributed by atoms with E-state index in [1.54, 1.807) is 0 Å². The van der Waals surface area contributed by atoms with Gasteiger partial charge in [0.05, 0.1) is 11.4 Å². The first-order chi connectivity index (χ1) is 11.0. The highest BCUT2D eigenvalue weighted by molar-refractivity contribution is 6.60. The van der Waals surface area contributed by atoms with E-state index in [9.17, 15) is 14.4 Å². The largest absolute Gasteiger partial charge is 0.508 e. The Kier molecular flexibility index (Phi) is 5.20. The van der Waals surface area contributed by atoms with Crippen molar-refractivity contribution in [3.63, 3.8) is 0 Å². The summed E-state index contributed by atoms with van der Waals surface area (Å²) in [6.45, 7) is -0.772. The number of carbonyl (C=O) groups excluding carboxylic acids is 3. The van der Waals surface area contributed by atoms with Gasteiger partial charge in [-0.2, -0.15) is 5.26 Å². The third-order valence-electron chi connectivity index (χ3n) is 3.31.